The third-order valence-electron chi connectivity index (χ3n) is 2.51. The van der Waals surface area contributed by atoms with Gasteiger partial charge in [-0.3, -0.25) is 4.90 Å². The van der Waals surface area contributed by atoms with Crippen LogP contribution < -0.4 is 0 Å². The van der Waals surface area contributed by atoms with Crippen molar-refractivity contribution in [2.24, 2.45) is 5.92 Å². The molecule has 13 heavy (non-hydrogen) atoms. The average Bonchev–Trinajstić information content (AvgIpc) is 2.02. The summed E-state index contributed by atoms with van der Waals surface area (Å²) in [5.41, 5.74) is 0. The van der Waals surface area contributed by atoms with Gasteiger partial charge in [-0.15, -0.1) is 0 Å². The molecule has 1 heterocycles. The first kappa shape index (κ1) is 10.4. The van der Waals surface area contributed by atoms with E-state index in [-0.39, 0.29) is 19.0 Å². The maximum absolute atomic E-state index is 13.2. The van der Waals surface area contributed by atoms with Gasteiger partial charge in [0.1, 0.15) is 5.92 Å². The van der Waals surface area contributed by atoms with Crippen LogP contribution in [0.2, 0.25) is 0 Å². The van der Waals surface area contributed by atoms with Gasteiger partial charge in [0.15, 0.2) is 0 Å². The summed E-state index contributed by atoms with van der Waals surface area (Å²) >= 11 is 0. The minimum Gasteiger partial charge on any atom is -0.295 e. The molecule has 0 amide bonds. The molecule has 1 unspecified atom stereocenters. The van der Waals surface area contributed by atoms with Crippen LogP contribution in [0.15, 0.2) is 0 Å². The molecule has 0 aromatic carbocycles. The molecule has 1 aliphatic heterocycles. The SMILES string of the molecule is CC(C)N1CCC(C#N)C(F)(F)C1. The van der Waals surface area contributed by atoms with Gasteiger partial charge in [-0.05, 0) is 20.3 Å². The number of alkyl halides is 2. The second-order valence-electron chi connectivity index (χ2n) is 3.80. The molecule has 1 atom stereocenters. The van der Waals surface area contributed by atoms with E-state index in [0.29, 0.717) is 6.54 Å². The van der Waals surface area contributed by atoms with Crippen molar-refractivity contribution in [3.05, 3.63) is 0 Å². The fourth-order valence-corrected chi connectivity index (χ4v) is 1.57. The second-order valence-corrected chi connectivity index (χ2v) is 3.80. The molecule has 0 aromatic heterocycles. The van der Waals surface area contributed by atoms with Gasteiger partial charge in [-0.1, -0.05) is 0 Å². The monoisotopic (exact) mass is 188 g/mol. The largest absolute Gasteiger partial charge is 0.295 e. The van der Waals surface area contributed by atoms with E-state index in [2.05, 4.69) is 0 Å². The Morgan fingerprint density at radius 2 is 2.15 bits per heavy atom. The molecule has 1 fully saturated rings. The summed E-state index contributed by atoms with van der Waals surface area (Å²) in [4.78, 5) is 1.72. The van der Waals surface area contributed by atoms with E-state index < -0.39 is 11.8 Å². The lowest BCUT2D eigenvalue weighted by Gasteiger charge is -2.37. The molecule has 0 N–H and O–H groups in total. The first-order valence-corrected chi connectivity index (χ1v) is 4.49. The highest BCUT2D eigenvalue weighted by Crippen LogP contribution is 2.32. The van der Waals surface area contributed by atoms with E-state index in [4.69, 9.17) is 5.26 Å². The molecule has 0 spiro atoms. The number of piperidine rings is 1. The lowest BCUT2D eigenvalue weighted by Crippen LogP contribution is -2.50. The highest BCUT2D eigenvalue weighted by molar-refractivity contribution is 4.98. The minimum absolute atomic E-state index is 0.130. The number of hydrogen-bond acceptors (Lipinski definition) is 2. The Bertz CT molecular complexity index is 220. The molecule has 0 aromatic rings. The molecule has 0 saturated carbocycles. The normalized spacial score (nSPS) is 28.8. The Kier molecular flexibility index (Phi) is 2.87. The van der Waals surface area contributed by atoms with Gasteiger partial charge in [0.05, 0.1) is 12.6 Å². The molecule has 0 radical (unpaired) electrons. The van der Waals surface area contributed by atoms with Crippen molar-refractivity contribution in [2.75, 3.05) is 13.1 Å². The third kappa shape index (κ3) is 2.16. The van der Waals surface area contributed by atoms with Gasteiger partial charge in [0, 0.05) is 12.6 Å². The number of halogens is 2. The van der Waals surface area contributed by atoms with Crippen LogP contribution in [-0.2, 0) is 0 Å². The summed E-state index contributed by atoms with van der Waals surface area (Å²) in [7, 11) is 0. The van der Waals surface area contributed by atoms with Crippen molar-refractivity contribution in [1.29, 1.82) is 5.26 Å². The number of likely N-dealkylation sites (tertiary alicyclic amines) is 1. The highest BCUT2D eigenvalue weighted by Gasteiger charge is 2.45. The van der Waals surface area contributed by atoms with Crippen LogP contribution in [0.4, 0.5) is 8.78 Å². The lowest BCUT2D eigenvalue weighted by atomic mass is 9.93. The Labute approximate surface area is 77.1 Å². The van der Waals surface area contributed by atoms with Crippen LogP contribution in [0.1, 0.15) is 20.3 Å². The molecule has 0 bridgehead atoms. The number of nitrogens with zero attached hydrogens (tertiary/aromatic N) is 2. The van der Waals surface area contributed by atoms with Crippen molar-refractivity contribution < 1.29 is 8.78 Å². The highest BCUT2D eigenvalue weighted by atomic mass is 19.3. The molecule has 4 heteroatoms. The average molecular weight is 188 g/mol. The predicted molar refractivity (Wildman–Crippen MR) is 45.4 cm³/mol. The van der Waals surface area contributed by atoms with E-state index in [1.165, 1.54) is 0 Å². The van der Waals surface area contributed by atoms with Gasteiger partial charge in [0.25, 0.3) is 5.92 Å². The molecule has 74 valence electrons. The van der Waals surface area contributed by atoms with E-state index in [9.17, 15) is 8.78 Å². The Hall–Kier alpha value is -0.690. The van der Waals surface area contributed by atoms with Crippen molar-refractivity contribution in [2.45, 2.75) is 32.2 Å². The summed E-state index contributed by atoms with van der Waals surface area (Å²) in [5.74, 6) is -3.93. The minimum atomic E-state index is -2.84. The molecular formula is C9H14F2N2. The second kappa shape index (κ2) is 3.59. The van der Waals surface area contributed by atoms with Crippen molar-refractivity contribution in [3.63, 3.8) is 0 Å². The Morgan fingerprint density at radius 3 is 2.54 bits per heavy atom. The number of rotatable bonds is 1. The summed E-state index contributed by atoms with van der Waals surface area (Å²) in [5, 5.41) is 8.50. The van der Waals surface area contributed by atoms with Gasteiger partial charge in [0.2, 0.25) is 0 Å². The molecule has 1 saturated heterocycles. The number of nitriles is 1. The van der Waals surface area contributed by atoms with Crippen LogP contribution >= 0.6 is 0 Å². The van der Waals surface area contributed by atoms with Gasteiger partial charge >= 0.3 is 0 Å². The molecule has 1 aliphatic rings. The van der Waals surface area contributed by atoms with E-state index >= 15 is 0 Å². The Balaban J connectivity index is 2.65. The topological polar surface area (TPSA) is 27.0 Å². The standard InChI is InChI=1S/C9H14F2N2/c1-7(2)13-4-3-8(5-12)9(10,11)6-13/h7-8H,3-4,6H2,1-2H3. The molecule has 0 aliphatic carbocycles. The molecule has 1 rings (SSSR count). The zero-order chi connectivity index (χ0) is 10.1. The first-order valence-electron chi connectivity index (χ1n) is 4.49. The quantitative estimate of drug-likeness (QED) is 0.628. The zero-order valence-corrected chi connectivity index (χ0v) is 7.93. The van der Waals surface area contributed by atoms with Crippen LogP contribution in [0.25, 0.3) is 0 Å². The zero-order valence-electron chi connectivity index (χ0n) is 7.93. The fourth-order valence-electron chi connectivity index (χ4n) is 1.57. The molecule has 2 nitrogen and oxygen atoms in total. The number of hydrogen-bond donors (Lipinski definition) is 0. The summed E-state index contributed by atoms with van der Waals surface area (Å²) in [6, 6.07) is 1.81. The van der Waals surface area contributed by atoms with Crippen LogP contribution in [0.5, 0.6) is 0 Å². The van der Waals surface area contributed by atoms with Gasteiger partial charge in [-0.25, -0.2) is 8.78 Å². The van der Waals surface area contributed by atoms with Crippen LogP contribution in [0.3, 0.4) is 0 Å². The third-order valence-corrected chi connectivity index (χ3v) is 2.51. The fraction of sp³-hybridized carbons (Fsp3) is 0.889. The lowest BCUT2D eigenvalue weighted by molar-refractivity contribution is -0.0984. The maximum Gasteiger partial charge on any atom is 0.276 e. The van der Waals surface area contributed by atoms with Crippen molar-refractivity contribution in [3.8, 4) is 6.07 Å². The van der Waals surface area contributed by atoms with Crippen LogP contribution in [0, 0.1) is 17.2 Å². The van der Waals surface area contributed by atoms with E-state index in [1.807, 2.05) is 13.8 Å². The predicted octanol–water partition coefficient (Wildman–Crippen LogP) is 1.88. The van der Waals surface area contributed by atoms with Gasteiger partial charge < -0.3 is 0 Å². The first-order chi connectivity index (χ1) is 5.97. The van der Waals surface area contributed by atoms with Gasteiger partial charge in [-0.2, -0.15) is 5.26 Å². The summed E-state index contributed by atoms with van der Waals surface area (Å²) < 4.78 is 26.4. The maximum atomic E-state index is 13.2. The summed E-state index contributed by atoms with van der Waals surface area (Å²) in [6.07, 6.45) is 0.279. The van der Waals surface area contributed by atoms with Crippen molar-refractivity contribution in [1.82, 2.24) is 4.90 Å². The van der Waals surface area contributed by atoms with Crippen molar-refractivity contribution >= 4 is 0 Å². The van der Waals surface area contributed by atoms with E-state index in [1.54, 1.807) is 11.0 Å². The van der Waals surface area contributed by atoms with Crippen LogP contribution in [-0.4, -0.2) is 30.0 Å². The summed E-state index contributed by atoms with van der Waals surface area (Å²) in [6.45, 7) is 4.11. The van der Waals surface area contributed by atoms with E-state index in [0.717, 1.165) is 0 Å². The molecular weight excluding hydrogens is 174 g/mol. The Morgan fingerprint density at radius 1 is 1.54 bits per heavy atom. The smallest absolute Gasteiger partial charge is 0.276 e.